The second kappa shape index (κ2) is 9.09. The molecule has 0 radical (unpaired) electrons. The predicted octanol–water partition coefficient (Wildman–Crippen LogP) is 2.99. The highest BCUT2D eigenvalue weighted by atomic mass is 16.7. The van der Waals surface area contributed by atoms with Gasteiger partial charge in [-0.2, -0.15) is 4.68 Å². The molecule has 0 aliphatic carbocycles. The van der Waals surface area contributed by atoms with Gasteiger partial charge in [-0.3, -0.25) is 9.69 Å². The number of piperidine rings is 1. The third-order valence-corrected chi connectivity index (χ3v) is 7.54. The number of aromatic nitrogens is 4. The molecule has 6 rings (SSSR count). The van der Waals surface area contributed by atoms with Crippen molar-refractivity contribution < 1.29 is 19.0 Å². The summed E-state index contributed by atoms with van der Waals surface area (Å²) in [6.07, 6.45) is 4.09. The first kappa shape index (κ1) is 22.8. The molecule has 0 spiro atoms. The molecule has 2 aromatic carbocycles. The number of methoxy groups -OCH3 is 1. The quantitative estimate of drug-likeness (QED) is 0.551. The Hall–Kier alpha value is -3.66. The van der Waals surface area contributed by atoms with Gasteiger partial charge < -0.3 is 19.1 Å². The summed E-state index contributed by atoms with van der Waals surface area (Å²) >= 11 is 0. The second-order valence-electron chi connectivity index (χ2n) is 9.69. The summed E-state index contributed by atoms with van der Waals surface area (Å²) in [4.78, 5) is 17.5. The molecule has 2 atom stereocenters. The van der Waals surface area contributed by atoms with Crippen molar-refractivity contribution in [2.75, 3.05) is 34.0 Å². The van der Waals surface area contributed by atoms with Gasteiger partial charge in [0.2, 0.25) is 12.5 Å². The lowest BCUT2D eigenvalue weighted by Crippen LogP contribution is -2.42. The number of rotatable bonds is 4. The maximum absolute atomic E-state index is 13.3. The molecule has 10 nitrogen and oxygen atoms in total. The zero-order valence-corrected chi connectivity index (χ0v) is 20.8. The molecule has 1 aromatic heterocycles. The molecule has 0 N–H and O–H groups in total. The van der Waals surface area contributed by atoms with Gasteiger partial charge in [0.15, 0.2) is 17.3 Å². The van der Waals surface area contributed by atoms with Gasteiger partial charge in [0.25, 0.3) is 5.91 Å². The lowest BCUT2D eigenvalue weighted by Gasteiger charge is -2.35. The van der Waals surface area contributed by atoms with E-state index in [0.717, 1.165) is 49.2 Å². The minimum atomic E-state index is -0.269. The van der Waals surface area contributed by atoms with E-state index < -0.39 is 0 Å². The number of nitrogens with zero attached hydrogens (tertiary/aromatic N) is 6. The Bertz CT molecular complexity index is 1310. The molecule has 3 aliphatic rings. The molecule has 3 aromatic rings. The molecule has 1 amide bonds. The molecule has 10 heteroatoms. The average Bonchev–Trinajstić information content (AvgIpc) is 3.57. The maximum Gasteiger partial charge on any atom is 0.254 e. The summed E-state index contributed by atoms with van der Waals surface area (Å²) in [6.45, 7) is 3.90. The summed E-state index contributed by atoms with van der Waals surface area (Å²) in [7, 11) is 3.69. The third-order valence-electron chi connectivity index (χ3n) is 7.54. The van der Waals surface area contributed by atoms with E-state index in [4.69, 9.17) is 14.2 Å². The summed E-state index contributed by atoms with van der Waals surface area (Å²) in [5, 5.41) is 12.8. The Morgan fingerprint density at radius 2 is 2.06 bits per heavy atom. The highest BCUT2D eigenvalue weighted by Gasteiger charge is 2.38. The monoisotopic (exact) mass is 490 g/mol. The van der Waals surface area contributed by atoms with Crippen LogP contribution in [0.15, 0.2) is 30.3 Å². The maximum atomic E-state index is 13.3. The van der Waals surface area contributed by atoms with E-state index in [1.54, 1.807) is 11.8 Å². The number of hydrogen-bond donors (Lipinski definition) is 0. The number of fused-ring (bicyclic) bond motifs is 2. The van der Waals surface area contributed by atoms with Crippen LogP contribution in [-0.4, -0.2) is 76.0 Å². The fourth-order valence-corrected chi connectivity index (χ4v) is 5.64. The Labute approximate surface area is 209 Å². The number of hydrogen-bond acceptors (Lipinski definition) is 8. The van der Waals surface area contributed by atoms with Crippen molar-refractivity contribution in [1.82, 2.24) is 30.0 Å². The van der Waals surface area contributed by atoms with Crippen molar-refractivity contribution in [3.05, 3.63) is 52.8 Å². The van der Waals surface area contributed by atoms with Crippen LogP contribution >= 0.6 is 0 Å². The minimum absolute atomic E-state index is 0.0492. The van der Waals surface area contributed by atoms with E-state index in [1.165, 1.54) is 6.42 Å². The van der Waals surface area contributed by atoms with Crippen LogP contribution in [0.4, 0.5) is 0 Å². The lowest BCUT2D eigenvalue weighted by atomic mass is 9.90. The van der Waals surface area contributed by atoms with Crippen molar-refractivity contribution in [2.45, 2.75) is 44.7 Å². The summed E-state index contributed by atoms with van der Waals surface area (Å²) in [6, 6.07) is 9.57. The molecule has 1 saturated heterocycles. The molecule has 0 saturated carbocycles. The van der Waals surface area contributed by atoms with Crippen molar-refractivity contribution in [1.29, 1.82) is 0 Å². The fraction of sp³-hybridized carbons (Fsp3) is 0.462. The fourth-order valence-electron chi connectivity index (χ4n) is 5.64. The van der Waals surface area contributed by atoms with Gasteiger partial charge in [-0.15, -0.1) is 5.10 Å². The van der Waals surface area contributed by atoms with Crippen molar-refractivity contribution in [3.63, 3.8) is 0 Å². The SMILES string of the molecule is COc1c2c(cc3c1[C@H](c1nnnn1-c1cccc(C(=O)N4CCCC[C@@H]4C)c1)N(C)CC3)OCO2. The number of likely N-dealkylation sites (N-methyl/N-ethyl adjacent to an activating group) is 1. The average molecular weight is 491 g/mol. The van der Waals surface area contributed by atoms with E-state index in [0.29, 0.717) is 28.6 Å². The number of amides is 1. The van der Waals surface area contributed by atoms with Crippen molar-refractivity contribution in [2.24, 2.45) is 0 Å². The zero-order chi connectivity index (χ0) is 24.8. The van der Waals surface area contributed by atoms with Gasteiger partial charge in [-0.1, -0.05) is 6.07 Å². The first-order valence-corrected chi connectivity index (χ1v) is 12.5. The molecule has 0 unspecified atom stereocenters. The van der Waals surface area contributed by atoms with E-state index in [9.17, 15) is 4.79 Å². The van der Waals surface area contributed by atoms with Gasteiger partial charge >= 0.3 is 0 Å². The molecule has 4 heterocycles. The first-order chi connectivity index (χ1) is 17.6. The number of likely N-dealkylation sites (tertiary alicyclic amines) is 1. The van der Waals surface area contributed by atoms with Crippen LogP contribution in [0.3, 0.4) is 0 Å². The van der Waals surface area contributed by atoms with Gasteiger partial charge in [-0.05, 0) is 79.9 Å². The molecular formula is C26H30N6O4. The first-order valence-electron chi connectivity index (χ1n) is 12.5. The van der Waals surface area contributed by atoms with Crippen LogP contribution in [0.5, 0.6) is 17.2 Å². The zero-order valence-electron chi connectivity index (χ0n) is 20.8. The van der Waals surface area contributed by atoms with E-state index >= 15 is 0 Å². The number of carbonyl (C=O) groups excluding carboxylic acids is 1. The Kier molecular flexibility index (Phi) is 5.75. The molecule has 0 bridgehead atoms. The summed E-state index contributed by atoms with van der Waals surface area (Å²) < 4.78 is 19.0. The Morgan fingerprint density at radius 3 is 2.89 bits per heavy atom. The number of tetrazole rings is 1. The number of benzene rings is 2. The Morgan fingerprint density at radius 1 is 1.17 bits per heavy atom. The van der Waals surface area contributed by atoms with Crippen LogP contribution in [0.2, 0.25) is 0 Å². The predicted molar refractivity (Wildman–Crippen MR) is 131 cm³/mol. The highest BCUT2D eigenvalue weighted by Crippen LogP contribution is 2.50. The van der Waals surface area contributed by atoms with Crippen molar-refractivity contribution in [3.8, 4) is 22.9 Å². The van der Waals surface area contributed by atoms with E-state index in [1.807, 2.05) is 42.3 Å². The van der Waals surface area contributed by atoms with Crippen molar-refractivity contribution >= 4 is 5.91 Å². The van der Waals surface area contributed by atoms with Crippen LogP contribution in [0.25, 0.3) is 5.69 Å². The Balaban J connectivity index is 1.41. The number of carbonyl (C=O) groups is 1. The second-order valence-corrected chi connectivity index (χ2v) is 9.69. The van der Waals surface area contributed by atoms with Gasteiger partial charge in [0.1, 0.15) is 6.04 Å². The normalized spacial score (nSPS) is 21.4. The molecule has 36 heavy (non-hydrogen) atoms. The minimum Gasteiger partial charge on any atom is -0.492 e. The molecular weight excluding hydrogens is 460 g/mol. The van der Waals surface area contributed by atoms with E-state index in [2.05, 4.69) is 27.3 Å². The van der Waals surface area contributed by atoms with Crippen LogP contribution in [0.1, 0.15) is 59.5 Å². The largest absolute Gasteiger partial charge is 0.492 e. The van der Waals surface area contributed by atoms with E-state index in [-0.39, 0.29) is 24.8 Å². The topological polar surface area (TPSA) is 94.8 Å². The summed E-state index contributed by atoms with van der Waals surface area (Å²) in [5.41, 5.74) is 3.48. The van der Waals surface area contributed by atoms with Gasteiger partial charge in [0, 0.05) is 30.3 Å². The van der Waals surface area contributed by atoms with Gasteiger partial charge in [0.05, 0.1) is 12.8 Å². The third kappa shape index (κ3) is 3.67. The number of ether oxygens (including phenoxy) is 3. The summed E-state index contributed by atoms with van der Waals surface area (Å²) in [5.74, 6) is 2.65. The molecule has 188 valence electrons. The van der Waals surface area contributed by atoms with Crippen LogP contribution < -0.4 is 14.2 Å². The van der Waals surface area contributed by atoms with Crippen LogP contribution in [-0.2, 0) is 6.42 Å². The standard InChI is InChI=1S/C26H30N6O4/c1-16-7-4-5-11-31(16)26(33)18-8-6-9-19(13-18)32-25(27-28-29-32)22-21-17(10-12-30(22)2)14-20-23(24(21)34-3)36-15-35-20/h6,8-9,13-14,16,22H,4-5,7,10-12,15H2,1-3H3/t16-,22+/m0/s1. The smallest absolute Gasteiger partial charge is 0.254 e. The van der Waals surface area contributed by atoms with Gasteiger partial charge in [-0.25, -0.2) is 0 Å². The highest BCUT2D eigenvalue weighted by molar-refractivity contribution is 5.95. The van der Waals surface area contributed by atoms with Crippen LogP contribution in [0, 0.1) is 0 Å². The molecule has 3 aliphatic heterocycles. The lowest BCUT2D eigenvalue weighted by molar-refractivity contribution is 0.0635. The molecule has 1 fully saturated rings.